The van der Waals surface area contributed by atoms with Crippen LogP contribution in [0.1, 0.15) is 41.4 Å². The molecule has 0 saturated carbocycles. The Morgan fingerprint density at radius 3 is 2.63 bits per heavy atom. The zero-order valence-electron chi connectivity index (χ0n) is 14.2. The number of rotatable bonds is 6. The summed E-state index contributed by atoms with van der Waals surface area (Å²) in [6.45, 7) is 1.19. The lowest BCUT2D eigenvalue weighted by Crippen LogP contribution is -2.39. The van der Waals surface area contributed by atoms with Gasteiger partial charge >= 0.3 is 0 Å². The van der Waals surface area contributed by atoms with Crippen LogP contribution in [0.5, 0.6) is 0 Å². The van der Waals surface area contributed by atoms with Crippen LogP contribution in [0, 0.1) is 23.0 Å². The van der Waals surface area contributed by atoms with Gasteiger partial charge in [-0.3, -0.25) is 4.90 Å². The van der Waals surface area contributed by atoms with Crippen LogP contribution in [0.2, 0.25) is 0 Å². The number of hydrogen-bond acceptors (Lipinski definition) is 5. The Hall–Kier alpha value is -2.02. The second-order valence-electron chi connectivity index (χ2n) is 6.23. The van der Waals surface area contributed by atoms with E-state index >= 15 is 0 Å². The maximum absolute atomic E-state index is 13.2. The molecule has 1 aromatic carbocycles. The SMILES string of the molecule is N#CC(c1scnc1C(F)F)N1CCC(OCc2ccc(F)c(F)c2)CC1. The molecule has 1 atom stereocenters. The molecule has 1 aromatic heterocycles. The number of alkyl halides is 2. The number of aromatic nitrogens is 1. The van der Waals surface area contributed by atoms with E-state index in [1.807, 2.05) is 4.90 Å². The monoisotopic (exact) mass is 399 g/mol. The Morgan fingerprint density at radius 1 is 1.26 bits per heavy atom. The lowest BCUT2D eigenvalue weighted by atomic mass is 10.0. The molecule has 1 aliphatic heterocycles. The molecule has 0 radical (unpaired) electrons. The van der Waals surface area contributed by atoms with Crippen molar-refractivity contribution < 1.29 is 22.3 Å². The Labute approximate surface area is 158 Å². The molecule has 0 aliphatic carbocycles. The summed E-state index contributed by atoms with van der Waals surface area (Å²) in [6.07, 6.45) is -1.57. The average molecular weight is 399 g/mol. The van der Waals surface area contributed by atoms with Crippen LogP contribution < -0.4 is 0 Å². The number of piperidine rings is 1. The number of benzene rings is 1. The van der Waals surface area contributed by atoms with E-state index in [1.54, 1.807) is 0 Å². The van der Waals surface area contributed by atoms with Crippen molar-refractivity contribution in [3.05, 3.63) is 51.5 Å². The molecule has 0 spiro atoms. The highest BCUT2D eigenvalue weighted by molar-refractivity contribution is 7.09. The molecule has 27 heavy (non-hydrogen) atoms. The van der Waals surface area contributed by atoms with Crippen molar-refractivity contribution in [2.45, 2.75) is 38.0 Å². The number of nitrogens with zero attached hydrogens (tertiary/aromatic N) is 3. The van der Waals surface area contributed by atoms with E-state index < -0.39 is 24.1 Å². The van der Waals surface area contributed by atoms with Crippen molar-refractivity contribution in [1.82, 2.24) is 9.88 Å². The molecule has 0 N–H and O–H groups in total. The van der Waals surface area contributed by atoms with Crippen LogP contribution in [-0.4, -0.2) is 29.1 Å². The van der Waals surface area contributed by atoms with Crippen molar-refractivity contribution in [2.75, 3.05) is 13.1 Å². The fraction of sp³-hybridized carbons (Fsp3) is 0.444. The zero-order chi connectivity index (χ0) is 19.4. The number of hydrogen-bond donors (Lipinski definition) is 0. The predicted molar refractivity (Wildman–Crippen MR) is 91.2 cm³/mol. The summed E-state index contributed by atoms with van der Waals surface area (Å²) in [5.41, 5.74) is 1.54. The van der Waals surface area contributed by atoms with Crippen LogP contribution in [0.4, 0.5) is 17.6 Å². The molecule has 9 heteroatoms. The van der Waals surface area contributed by atoms with Crippen LogP contribution in [0.25, 0.3) is 0 Å². The molecule has 1 fully saturated rings. The lowest BCUT2D eigenvalue weighted by Gasteiger charge is -2.34. The number of ether oxygens (including phenoxy) is 1. The lowest BCUT2D eigenvalue weighted by molar-refractivity contribution is -0.00709. The molecule has 1 saturated heterocycles. The number of likely N-dealkylation sites (tertiary alicyclic amines) is 1. The van der Waals surface area contributed by atoms with E-state index in [1.165, 1.54) is 11.6 Å². The Balaban J connectivity index is 1.55. The van der Waals surface area contributed by atoms with Crippen molar-refractivity contribution >= 4 is 11.3 Å². The van der Waals surface area contributed by atoms with Gasteiger partial charge in [0.2, 0.25) is 0 Å². The third-order valence-electron chi connectivity index (χ3n) is 4.51. The molecule has 1 unspecified atom stereocenters. The van der Waals surface area contributed by atoms with Gasteiger partial charge in [0.1, 0.15) is 11.7 Å². The summed E-state index contributed by atoms with van der Waals surface area (Å²) >= 11 is 1.06. The number of thiazole rings is 1. The van der Waals surface area contributed by atoms with Gasteiger partial charge < -0.3 is 4.74 Å². The standard InChI is InChI=1S/C18H17F4N3OS/c19-13-2-1-11(7-14(13)20)9-26-12-3-5-25(6-4-12)15(8-23)17-16(18(21)22)24-10-27-17/h1-2,7,10,12,15,18H,3-6,9H2. The first-order valence-corrected chi connectivity index (χ1v) is 9.28. The first-order chi connectivity index (χ1) is 13.0. The maximum Gasteiger partial charge on any atom is 0.281 e. The highest BCUT2D eigenvalue weighted by Crippen LogP contribution is 2.34. The molecule has 4 nitrogen and oxygen atoms in total. The van der Waals surface area contributed by atoms with Gasteiger partial charge in [0.05, 0.1) is 29.2 Å². The summed E-state index contributed by atoms with van der Waals surface area (Å²) in [4.78, 5) is 5.81. The second kappa shape index (κ2) is 8.78. The topological polar surface area (TPSA) is 49.2 Å². The molecule has 1 aliphatic rings. The van der Waals surface area contributed by atoms with Gasteiger partial charge in [0.25, 0.3) is 6.43 Å². The van der Waals surface area contributed by atoms with E-state index in [2.05, 4.69) is 11.1 Å². The van der Waals surface area contributed by atoms with Crippen molar-refractivity contribution in [2.24, 2.45) is 0 Å². The Morgan fingerprint density at radius 2 is 2.00 bits per heavy atom. The zero-order valence-corrected chi connectivity index (χ0v) is 15.1. The summed E-state index contributed by atoms with van der Waals surface area (Å²) < 4.78 is 58.0. The number of nitriles is 1. The quantitative estimate of drug-likeness (QED) is 0.666. The maximum atomic E-state index is 13.2. The van der Waals surface area contributed by atoms with E-state index in [4.69, 9.17) is 4.74 Å². The van der Waals surface area contributed by atoms with Gasteiger partial charge in [-0.25, -0.2) is 22.5 Å². The van der Waals surface area contributed by atoms with Crippen molar-refractivity contribution in [1.29, 1.82) is 5.26 Å². The Bertz CT molecular complexity index is 815. The highest BCUT2D eigenvalue weighted by atomic mass is 32.1. The molecule has 3 rings (SSSR count). The minimum Gasteiger partial charge on any atom is -0.373 e. The first-order valence-electron chi connectivity index (χ1n) is 8.40. The third kappa shape index (κ3) is 4.64. The summed E-state index contributed by atoms with van der Waals surface area (Å²) in [5.74, 6) is -1.82. The van der Waals surface area contributed by atoms with Crippen LogP contribution in [0.3, 0.4) is 0 Å². The fourth-order valence-corrected chi connectivity index (χ4v) is 3.96. The molecular formula is C18H17F4N3OS. The normalized spacial score (nSPS) is 17.2. The van der Waals surface area contributed by atoms with Crippen LogP contribution >= 0.6 is 11.3 Å². The predicted octanol–water partition coefficient (Wildman–Crippen LogP) is 4.60. The van der Waals surface area contributed by atoms with Gasteiger partial charge in [0.15, 0.2) is 11.6 Å². The van der Waals surface area contributed by atoms with E-state index in [9.17, 15) is 22.8 Å². The minimum atomic E-state index is -2.71. The van der Waals surface area contributed by atoms with Gasteiger partial charge in [-0.2, -0.15) is 5.26 Å². The number of halogens is 4. The minimum absolute atomic E-state index is 0.0928. The van der Waals surface area contributed by atoms with E-state index in [0.29, 0.717) is 31.5 Å². The van der Waals surface area contributed by atoms with Crippen molar-refractivity contribution in [3.63, 3.8) is 0 Å². The summed E-state index contributed by atoms with van der Waals surface area (Å²) in [7, 11) is 0. The van der Waals surface area contributed by atoms with Gasteiger partial charge in [-0.1, -0.05) is 6.07 Å². The molecule has 2 aromatic rings. The van der Waals surface area contributed by atoms with E-state index in [-0.39, 0.29) is 23.3 Å². The smallest absolute Gasteiger partial charge is 0.281 e. The third-order valence-corrected chi connectivity index (χ3v) is 5.41. The largest absolute Gasteiger partial charge is 0.373 e. The first kappa shape index (κ1) is 19.7. The molecule has 2 heterocycles. The average Bonchev–Trinajstić information content (AvgIpc) is 3.14. The van der Waals surface area contributed by atoms with Gasteiger partial charge in [-0.05, 0) is 30.5 Å². The molecular weight excluding hydrogens is 382 g/mol. The molecule has 0 bridgehead atoms. The highest BCUT2D eigenvalue weighted by Gasteiger charge is 2.31. The Kier molecular flexibility index (Phi) is 6.42. The van der Waals surface area contributed by atoms with Crippen LogP contribution in [0.15, 0.2) is 23.7 Å². The summed E-state index contributed by atoms with van der Waals surface area (Å²) in [5, 5.41) is 9.47. The fourth-order valence-electron chi connectivity index (χ4n) is 3.08. The summed E-state index contributed by atoms with van der Waals surface area (Å²) in [6, 6.07) is 4.97. The van der Waals surface area contributed by atoms with Gasteiger partial charge in [-0.15, -0.1) is 11.3 Å². The second-order valence-corrected chi connectivity index (χ2v) is 7.12. The molecule has 0 amide bonds. The van der Waals surface area contributed by atoms with Gasteiger partial charge in [0, 0.05) is 13.1 Å². The van der Waals surface area contributed by atoms with Crippen LogP contribution in [-0.2, 0) is 11.3 Å². The molecule has 144 valence electrons. The van der Waals surface area contributed by atoms with E-state index in [0.717, 1.165) is 23.5 Å². The van der Waals surface area contributed by atoms with Crippen molar-refractivity contribution in [3.8, 4) is 6.07 Å².